The predicted molar refractivity (Wildman–Crippen MR) is 70.4 cm³/mol. The molecule has 0 aromatic heterocycles. The first-order valence-corrected chi connectivity index (χ1v) is 6.57. The molecular weight excluding hydrogens is 319 g/mol. The summed E-state index contributed by atoms with van der Waals surface area (Å²) in [6, 6.07) is 1.24. The molecule has 0 amide bonds. The molecule has 0 spiro atoms. The highest BCUT2D eigenvalue weighted by Gasteiger charge is 2.49. The fourth-order valence-corrected chi connectivity index (χ4v) is 3.33. The van der Waals surface area contributed by atoms with E-state index in [-0.39, 0.29) is 12.2 Å². The summed E-state index contributed by atoms with van der Waals surface area (Å²) in [7, 11) is 2.88. The van der Waals surface area contributed by atoms with Crippen molar-refractivity contribution >= 4 is 21.9 Å². The highest BCUT2D eigenvalue weighted by molar-refractivity contribution is 9.10. The molecule has 1 aromatic carbocycles. The van der Waals surface area contributed by atoms with Crippen molar-refractivity contribution in [3.63, 3.8) is 0 Å². The van der Waals surface area contributed by atoms with Gasteiger partial charge in [0.05, 0.1) is 25.1 Å². The lowest BCUT2D eigenvalue weighted by Crippen LogP contribution is -2.16. The number of aliphatic carboxylic acids is 1. The largest absolute Gasteiger partial charge is 0.493 e. The Hall–Kier alpha value is -1.30. The summed E-state index contributed by atoms with van der Waals surface area (Å²) in [6.07, 6.45) is 1.23. The molecule has 4 nitrogen and oxygen atoms in total. The van der Waals surface area contributed by atoms with Gasteiger partial charge in [0, 0.05) is 17.0 Å². The van der Waals surface area contributed by atoms with Gasteiger partial charge in [-0.05, 0) is 28.8 Å². The zero-order valence-electron chi connectivity index (χ0n) is 10.6. The molecule has 0 heterocycles. The van der Waals surface area contributed by atoms with Gasteiger partial charge in [-0.2, -0.15) is 0 Å². The van der Waals surface area contributed by atoms with E-state index in [1.807, 2.05) is 0 Å². The second-order valence-corrected chi connectivity index (χ2v) is 5.43. The highest BCUT2D eigenvalue weighted by atomic mass is 79.9. The minimum Gasteiger partial charge on any atom is -0.493 e. The van der Waals surface area contributed by atoms with Crippen molar-refractivity contribution in [3.8, 4) is 11.5 Å². The lowest BCUT2D eigenvalue weighted by Gasteiger charge is -2.20. The van der Waals surface area contributed by atoms with Crippen LogP contribution in [0.15, 0.2) is 10.5 Å². The number of hydrogen-bond donors (Lipinski definition) is 1. The fourth-order valence-electron chi connectivity index (χ4n) is 2.36. The average molecular weight is 333 g/mol. The van der Waals surface area contributed by atoms with Crippen LogP contribution in [0, 0.1) is 5.82 Å². The number of halogens is 2. The molecule has 0 aliphatic heterocycles. The van der Waals surface area contributed by atoms with E-state index in [9.17, 15) is 9.18 Å². The Labute approximate surface area is 118 Å². The van der Waals surface area contributed by atoms with Crippen LogP contribution in [0.5, 0.6) is 11.5 Å². The van der Waals surface area contributed by atoms with E-state index in [1.54, 1.807) is 0 Å². The van der Waals surface area contributed by atoms with Gasteiger partial charge in [-0.1, -0.05) is 0 Å². The van der Waals surface area contributed by atoms with E-state index < -0.39 is 17.2 Å². The van der Waals surface area contributed by atoms with Gasteiger partial charge in [-0.15, -0.1) is 0 Å². The van der Waals surface area contributed by atoms with Crippen LogP contribution >= 0.6 is 15.9 Å². The Balaban J connectivity index is 2.55. The summed E-state index contributed by atoms with van der Waals surface area (Å²) >= 11 is 3.31. The maximum Gasteiger partial charge on any atom is 0.304 e. The van der Waals surface area contributed by atoms with E-state index in [1.165, 1.54) is 20.3 Å². The standard InChI is InChI=1S/C13H14BrFO4/c1-18-8-5-7(15)10(11(14)12(8)19-2)13(3-4-13)6-9(16)17/h5H,3-4,6H2,1-2H3,(H,16,17). The molecule has 6 heteroatoms. The number of benzene rings is 1. The van der Waals surface area contributed by atoms with Gasteiger partial charge < -0.3 is 14.6 Å². The van der Waals surface area contributed by atoms with Crippen molar-refractivity contribution in [3.05, 3.63) is 21.9 Å². The van der Waals surface area contributed by atoms with Gasteiger partial charge >= 0.3 is 5.97 Å². The van der Waals surface area contributed by atoms with Gasteiger partial charge in [0.25, 0.3) is 0 Å². The molecule has 1 saturated carbocycles. The van der Waals surface area contributed by atoms with Crippen LogP contribution in [-0.2, 0) is 10.2 Å². The SMILES string of the molecule is COc1cc(F)c(C2(CC(=O)O)CC2)c(Br)c1OC. The third-order valence-corrected chi connectivity index (χ3v) is 4.19. The molecule has 19 heavy (non-hydrogen) atoms. The molecule has 1 aromatic rings. The summed E-state index contributed by atoms with van der Waals surface area (Å²) in [6.45, 7) is 0. The molecule has 0 saturated heterocycles. The van der Waals surface area contributed by atoms with Crippen molar-refractivity contribution in [1.29, 1.82) is 0 Å². The number of carbonyl (C=O) groups is 1. The van der Waals surface area contributed by atoms with Crippen LogP contribution in [0.4, 0.5) is 4.39 Å². The average Bonchev–Trinajstić information content (AvgIpc) is 3.07. The molecule has 104 valence electrons. The van der Waals surface area contributed by atoms with Gasteiger partial charge in [0.15, 0.2) is 11.5 Å². The van der Waals surface area contributed by atoms with Crippen molar-refractivity contribution in [2.24, 2.45) is 0 Å². The molecule has 2 rings (SSSR count). The van der Waals surface area contributed by atoms with Crippen LogP contribution in [0.3, 0.4) is 0 Å². The minimum atomic E-state index is -0.932. The topological polar surface area (TPSA) is 55.8 Å². The zero-order chi connectivity index (χ0) is 14.2. The first-order chi connectivity index (χ1) is 8.95. The Morgan fingerprint density at radius 3 is 2.53 bits per heavy atom. The third-order valence-electron chi connectivity index (χ3n) is 3.44. The minimum absolute atomic E-state index is 0.0853. The van der Waals surface area contributed by atoms with Gasteiger partial charge in [-0.3, -0.25) is 4.79 Å². The highest BCUT2D eigenvalue weighted by Crippen LogP contribution is 2.56. The maximum absolute atomic E-state index is 14.2. The first-order valence-electron chi connectivity index (χ1n) is 5.77. The molecule has 0 bridgehead atoms. The molecule has 1 aliphatic rings. The second-order valence-electron chi connectivity index (χ2n) is 4.63. The van der Waals surface area contributed by atoms with Crippen LogP contribution in [0.2, 0.25) is 0 Å². The van der Waals surface area contributed by atoms with Crippen molar-refractivity contribution < 1.29 is 23.8 Å². The summed E-state index contributed by atoms with van der Waals surface area (Å²) < 4.78 is 24.9. The van der Waals surface area contributed by atoms with Crippen LogP contribution in [0.25, 0.3) is 0 Å². The van der Waals surface area contributed by atoms with Gasteiger partial charge in [0.2, 0.25) is 0 Å². The van der Waals surface area contributed by atoms with Crippen molar-refractivity contribution in [2.45, 2.75) is 24.7 Å². The Bertz CT molecular complexity index is 526. The predicted octanol–water partition coefficient (Wildman–Crippen LogP) is 3.11. The third kappa shape index (κ3) is 2.41. The van der Waals surface area contributed by atoms with Crippen LogP contribution in [-0.4, -0.2) is 25.3 Å². The van der Waals surface area contributed by atoms with Gasteiger partial charge in [-0.25, -0.2) is 4.39 Å². The number of carboxylic acids is 1. The number of rotatable bonds is 5. The normalized spacial score (nSPS) is 16.0. The van der Waals surface area contributed by atoms with E-state index in [0.29, 0.717) is 28.6 Å². The summed E-state index contributed by atoms with van der Waals surface area (Å²) in [5, 5.41) is 8.97. The fraction of sp³-hybridized carbons (Fsp3) is 0.462. The molecule has 0 atom stereocenters. The van der Waals surface area contributed by atoms with Gasteiger partial charge in [0.1, 0.15) is 5.82 Å². The first kappa shape index (κ1) is 14.1. The lowest BCUT2D eigenvalue weighted by atomic mass is 9.91. The summed E-state index contributed by atoms with van der Waals surface area (Å²) in [5.74, 6) is -0.737. The smallest absolute Gasteiger partial charge is 0.304 e. The maximum atomic E-state index is 14.2. The van der Waals surface area contributed by atoms with E-state index in [2.05, 4.69) is 15.9 Å². The molecular formula is C13H14BrFO4. The van der Waals surface area contributed by atoms with Crippen LogP contribution in [0.1, 0.15) is 24.8 Å². The monoisotopic (exact) mass is 332 g/mol. The molecule has 1 fully saturated rings. The number of methoxy groups -OCH3 is 2. The summed E-state index contributed by atoms with van der Waals surface area (Å²) in [5.41, 5.74) is -0.263. The van der Waals surface area contributed by atoms with E-state index in [4.69, 9.17) is 14.6 Å². The van der Waals surface area contributed by atoms with Crippen molar-refractivity contribution in [1.82, 2.24) is 0 Å². The molecule has 1 N–H and O–H groups in total. The van der Waals surface area contributed by atoms with E-state index >= 15 is 0 Å². The lowest BCUT2D eigenvalue weighted by molar-refractivity contribution is -0.137. The number of hydrogen-bond acceptors (Lipinski definition) is 3. The summed E-state index contributed by atoms with van der Waals surface area (Å²) in [4.78, 5) is 10.9. The van der Waals surface area contributed by atoms with E-state index in [0.717, 1.165) is 0 Å². The Morgan fingerprint density at radius 2 is 2.11 bits per heavy atom. The molecule has 0 unspecified atom stereocenters. The molecule has 0 radical (unpaired) electrons. The Kier molecular flexibility index (Phi) is 3.71. The quantitative estimate of drug-likeness (QED) is 0.900. The van der Waals surface area contributed by atoms with Crippen molar-refractivity contribution in [2.75, 3.05) is 14.2 Å². The van der Waals surface area contributed by atoms with Crippen LogP contribution < -0.4 is 9.47 Å². The number of carboxylic acid groups (broad SMARTS) is 1. The number of ether oxygens (including phenoxy) is 2. The molecule has 1 aliphatic carbocycles. The Morgan fingerprint density at radius 1 is 1.47 bits per heavy atom. The zero-order valence-corrected chi connectivity index (χ0v) is 12.2. The second kappa shape index (κ2) is 5.00.